The number of rotatable bonds is 2. The fraction of sp³-hybridized carbons (Fsp3) is 0.286. The maximum absolute atomic E-state index is 10.8. The van der Waals surface area contributed by atoms with Crippen molar-refractivity contribution in [1.29, 1.82) is 0 Å². The van der Waals surface area contributed by atoms with Crippen molar-refractivity contribution in [2.75, 3.05) is 6.54 Å². The number of carboxylic acids is 1. The monoisotopic (exact) mass is 184 g/mol. The van der Waals surface area contributed by atoms with Crippen LogP contribution in [-0.2, 0) is 14.4 Å². The second kappa shape index (κ2) is 3.26. The average molecular weight is 184 g/mol. The number of hydrogen-bond acceptors (Lipinski definition) is 3. The quantitative estimate of drug-likeness (QED) is 0.478. The van der Waals surface area contributed by atoms with E-state index in [0.717, 1.165) is 0 Å². The highest BCUT2D eigenvalue weighted by Gasteiger charge is 2.25. The summed E-state index contributed by atoms with van der Waals surface area (Å²) in [4.78, 5) is 32.1. The van der Waals surface area contributed by atoms with Gasteiger partial charge < -0.3 is 16.2 Å². The van der Waals surface area contributed by atoms with Gasteiger partial charge in [-0.25, -0.2) is 4.79 Å². The Morgan fingerprint density at radius 2 is 2.00 bits per heavy atom. The van der Waals surface area contributed by atoms with E-state index in [1.54, 1.807) is 0 Å². The molecule has 6 heteroatoms. The Kier molecular flexibility index (Phi) is 2.32. The van der Waals surface area contributed by atoms with Crippen LogP contribution in [-0.4, -0.2) is 29.4 Å². The zero-order chi connectivity index (χ0) is 10.0. The Morgan fingerprint density at radius 3 is 2.46 bits per heavy atom. The average Bonchev–Trinajstić information content (AvgIpc) is 2.03. The van der Waals surface area contributed by atoms with E-state index in [4.69, 9.17) is 10.8 Å². The number of nitrogens with one attached hydrogen (secondary N) is 1. The molecule has 0 saturated heterocycles. The molecule has 0 unspecified atom stereocenters. The van der Waals surface area contributed by atoms with E-state index in [0.29, 0.717) is 0 Å². The zero-order valence-corrected chi connectivity index (χ0v) is 6.66. The van der Waals surface area contributed by atoms with Crippen LogP contribution in [0, 0.1) is 0 Å². The molecular formula is C7H8N2O4. The van der Waals surface area contributed by atoms with Crippen LogP contribution in [0.3, 0.4) is 0 Å². The minimum absolute atomic E-state index is 0.0351. The lowest BCUT2D eigenvalue weighted by Gasteiger charge is -2.15. The second-order valence-electron chi connectivity index (χ2n) is 2.58. The first-order valence-corrected chi connectivity index (χ1v) is 3.54. The molecule has 0 aliphatic carbocycles. The Hall–Kier alpha value is -1.85. The maximum atomic E-state index is 10.8. The lowest BCUT2D eigenvalue weighted by molar-refractivity contribution is -0.135. The summed E-state index contributed by atoms with van der Waals surface area (Å²) in [7, 11) is 0. The van der Waals surface area contributed by atoms with E-state index in [1.807, 2.05) is 0 Å². The first kappa shape index (κ1) is 9.24. The molecule has 0 saturated carbocycles. The van der Waals surface area contributed by atoms with E-state index in [1.165, 1.54) is 0 Å². The van der Waals surface area contributed by atoms with Gasteiger partial charge in [0.25, 0.3) is 0 Å². The highest BCUT2D eigenvalue weighted by atomic mass is 16.4. The van der Waals surface area contributed by atoms with Crippen molar-refractivity contribution in [1.82, 2.24) is 5.32 Å². The predicted octanol–water partition coefficient (Wildman–Crippen LogP) is -1.63. The molecule has 6 nitrogen and oxygen atoms in total. The summed E-state index contributed by atoms with van der Waals surface area (Å²) in [5.41, 5.74) is 4.68. The summed E-state index contributed by atoms with van der Waals surface area (Å²) in [5, 5.41) is 11.0. The number of carboxylic acid groups (broad SMARTS) is 1. The highest BCUT2D eigenvalue weighted by Crippen LogP contribution is 2.12. The second-order valence-corrected chi connectivity index (χ2v) is 2.58. The molecule has 2 amide bonds. The minimum atomic E-state index is -1.27. The first-order valence-electron chi connectivity index (χ1n) is 3.54. The van der Waals surface area contributed by atoms with Crippen LogP contribution in [0.25, 0.3) is 0 Å². The molecule has 0 spiro atoms. The van der Waals surface area contributed by atoms with Crippen molar-refractivity contribution >= 4 is 17.8 Å². The van der Waals surface area contributed by atoms with E-state index in [2.05, 4.69) is 5.32 Å². The molecule has 70 valence electrons. The molecule has 13 heavy (non-hydrogen) atoms. The van der Waals surface area contributed by atoms with Crippen molar-refractivity contribution in [3.63, 3.8) is 0 Å². The van der Waals surface area contributed by atoms with Gasteiger partial charge in [-0.05, 0) is 0 Å². The summed E-state index contributed by atoms with van der Waals surface area (Å²) >= 11 is 0. The summed E-state index contributed by atoms with van der Waals surface area (Å²) in [6, 6.07) is 0. The number of carbonyl (C=O) groups is 3. The number of hydrogen-bond donors (Lipinski definition) is 3. The third kappa shape index (κ3) is 1.84. The van der Waals surface area contributed by atoms with Gasteiger partial charge in [-0.3, -0.25) is 9.59 Å². The van der Waals surface area contributed by atoms with Gasteiger partial charge in [0.1, 0.15) is 0 Å². The standard InChI is InChI=1S/C7H8N2O4/c8-6(11)4-2-9-5(10)1-3(4)7(12)13/h1-2H2,(H2,8,11)(H,9,10)(H,12,13). The summed E-state index contributed by atoms with van der Waals surface area (Å²) in [5.74, 6) is -2.50. The molecule has 0 aromatic heterocycles. The molecule has 1 rings (SSSR count). The van der Waals surface area contributed by atoms with Crippen molar-refractivity contribution in [2.45, 2.75) is 6.42 Å². The van der Waals surface area contributed by atoms with Gasteiger partial charge in [0.05, 0.1) is 12.0 Å². The molecule has 1 aliphatic rings. The van der Waals surface area contributed by atoms with E-state index in [9.17, 15) is 14.4 Å². The Morgan fingerprint density at radius 1 is 1.38 bits per heavy atom. The minimum Gasteiger partial charge on any atom is -0.478 e. The van der Waals surface area contributed by atoms with Crippen LogP contribution in [0.15, 0.2) is 11.1 Å². The number of carbonyl (C=O) groups excluding carboxylic acids is 2. The fourth-order valence-electron chi connectivity index (χ4n) is 1.06. The van der Waals surface area contributed by atoms with Crippen molar-refractivity contribution in [2.24, 2.45) is 5.73 Å². The lowest BCUT2D eigenvalue weighted by Crippen LogP contribution is -2.37. The van der Waals surface area contributed by atoms with E-state index < -0.39 is 17.8 Å². The van der Waals surface area contributed by atoms with Crippen LogP contribution in [0.2, 0.25) is 0 Å². The van der Waals surface area contributed by atoms with Crippen LogP contribution >= 0.6 is 0 Å². The maximum Gasteiger partial charge on any atom is 0.332 e. The van der Waals surface area contributed by atoms with Crippen LogP contribution in [0.5, 0.6) is 0 Å². The van der Waals surface area contributed by atoms with Crippen LogP contribution < -0.4 is 11.1 Å². The van der Waals surface area contributed by atoms with Crippen molar-refractivity contribution in [3.05, 3.63) is 11.1 Å². The number of amides is 2. The Bertz CT molecular complexity index is 318. The third-order valence-corrected chi connectivity index (χ3v) is 1.72. The van der Waals surface area contributed by atoms with Gasteiger partial charge in [-0.15, -0.1) is 0 Å². The van der Waals surface area contributed by atoms with Gasteiger partial charge in [0.15, 0.2) is 0 Å². The highest BCUT2D eigenvalue weighted by molar-refractivity contribution is 6.06. The molecule has 1 heterocycles. The van der Waals surface area contributed by atoms with E-state index >= 15 is 0 Å². The third-order valence-electron chi connectivity index (χ3n) is 1.72. The normalized spacial score (nSPS) is 16.8. The Labute approximate surface area is 73.4 Å². The van der Waals surface area contributed by atoms with Gasteiger partial charge >= 0.3 is 5.97 Å². The Balaban J connectivity index is 3.07. The molecule has 0 radical (unpaired) electrons. The number of aliphatic carboxylic acids is 1. The van der Waals surface area contributed by atoms with Crippen LogP contribution in [0.4, 0.5) is 0 Å². The van der Waals surface area contributed by atoms with Crippen LogP contribution in [0.1, 0.15) is 6.42 Å². The van der Waals surface area contributed by atoms with Crippen molar-refractivity contribution in [3.8, 4) is 0 Å². The van der Waals surface area contributed by atoms with Gasteiger partial charge in [-0.2, -0.15) is 0 Å². The molecule has 0 bridgehead atoms. The zero-order valence-electron chi connectivity index (χ0n) is 6.66. The van der Waals surface area contributed by atoms with Crippen molar-refractivity contribution < 1.29 is 19.5 Å². The molecular weight excluding hydrogens is 176 g/mol. The first-order chi connectivity index (χ1) is 6.02. The largest absolute Gasteiger partial charge is 0.478 e. The molecule has 4 N–H and O–H groups in total. The van der Waals surface area contributed by atoms with Gasteiger partial charge in [0, 0.05) is 12.1 Å². The van der Waals surface area contributed by atoms with Gasteiger partial charge in [-0.1, -0.05) is 0 Å². The van der Waals surface area contributed by atoms with Gasteiger partial charge in [0.2, 0.25) is 11.8 Å². The summed E-state index contributed by atoms with van der Waals surface area (Å²) < 4.78 is 0. The lowest BCUT2D eigenvalue weighted by atomic mass is 10.0. The predicted molar refractivity (Wildman–Crippen MR) is 41.5 cm³/mol. The molecule has 0 fully saturated rings. The smallest absolute Gasteiger partial charge is 0.332 e. The summed E-state index contributed by atoms with van der Waals surface area (Å²) in [6.07, 6.45) is -0.298. The topological polar surface area (TPSA) is 109 Å². The molecule has 1 aliphatic heterocycles. The summed E-state index contributed by atoms with van der Waals surface area (Å²) in [6.45, 7) is -0.101. The SMILES string of the molecule is NC(=O)C1=C(C(=O)O)CC(=O)NC1. The molecule has 0 aromatic carbocycles. The van der Waals surface area contributed by atoms with E-state index in [-0.39, 0.29) is 24.1 Å². The fourth-order valence-corrected chi connectivity index (χ4v) is 1.06. The molecule has 0 aromatic rings. The number of primary amides is 1. The molecule has 0 atom stereocenters. The number of nitrogens with two attached hydrogens (primary N) is 1.